The standard InChI is InChI=1S/C25H28F3N3O2/c1-16-15-30(11-12-31(16)22(32)14-24(2,3)4)23-18-7-5-6-8-20(18)33-21-13-17(25(26,27)28)9-10-19(21)29-23/h5-10,13,16H,11-12,14-15H2,1-4H3/t16-/m1/s1. The van der Waals surface area contributed by atoms with Gasteiger partial charge in [-0.2, -0.15) is 13.2 Å². The highest BCUT2D eigenvalue weighted by Crippen LogP contribution is 2.42. The monoisotopic (exact) mass is 459 g/mol. The minimum atomic E-state index is -4.47. The summed E-state index contributed by atoms with van der Waals surface area (Å²) in [5, 5.41) is 0. The molecule has 1 saturated heterocycles. The van der Waals surface area contributed by atoms with Gasteiger partial charge in [0.05, 0.1) is 11.1 Å². The van der Waals surface area contributed by atoms with Crippen molar-refractivity contribution in [2.24, 2.45) is 10.4 Å². The van der Waals surface area contributed by atoms with Crippen LogP contribution in [0.15, 0.2) is 47.5 Å². The largest absolute Gasteiger partial charge is 0.454 e. The summed E-state index contributed by atoms with van der Waals surface area (Å²) in [4.78, 5) is 21.5. The Bertz CT molecular complexity index is 1090. The van der Waals surface area contributed by atoms with Gasteiger partial charge in [-0.1, -0.05) is 32.9 Å². The molecule has 4 rings (SSSR count). The summed E-state index contributed by atoms with van der Waals surface area (Å²) in [5.41, 5.74) is 0.183. The van der Waals surface area contributed by atoms with Crippen LogP contribution in [0.3, 0.4) is 0 Å². The van der Waals surface area contributed by atoms with E-state index in [1.54, 1.807) is 12.1 Å². The molecule has 0 bridgehead atoms. The Morgan fingerprint density at radius 1 is 1.09 bits per heavy atom. The van der Waals surface area contributed by atoms with E-state index in [-0.39, 0.29) is 23.1 Å². The van der Waals surface area contributed by atoms with Gasteiger partial charge < -0.3 is 14.5 Å². The van der Waals surface area contributed by atoms with Crippen molar-refractivity contribution in [1.82, 2.24) is 9.80 Å². The molecule has 0 aromatic heterocycles. The van der Waals surface area contributed by atoms with E-state index in [1.807, 2.05) is 44.7 Å². The number of benzene rings is 2. The third-order valence-electron chi connectivity index (χ3n) is 5.79. The molecule has 2 aromatic carbocycles. The molecule has 0 spiro atoms. The van der Waals surface area contributed by atoms with Crippen molar-refractivity contribution in [3.05, 3.63) is 53.6 Å². The maximum Gasteiger partial charge on any atom is 0.416 e. The molecule has 0 unspecified atom stereocenters. The van der Waals surface area contributed by atoms with E-state index in [4.69, 9.17) is 9.73 Å². The number of carbonyl (C=O) groups is 1. The zero-order valence-corrected chi connectivity index (χ0v) is 19.2. The molecule has 33 heavy (non-hydrogen) atoms. The van der Waals surface area contributed by atoms with Crippen LogP contribution in [0.25, 0.3) is 0 Å². The van der Waals surface area contributed by atoms with Crippen molar-refractivity contribution in [1.29, 1.82) is 0 Å². The van der Waals surface area contributed by atoms with Gasteiger partial charge in [0.2, 0.25) is 5.91 Å². The summed E-state index contributed by atoms with van der Waals surface area (Å²) in [5.74, 6) is 1.29. The van der Waals surface area contributed by atoms with E-state index in [0.29, 0.717) is 48.9 Å². The van der Waals surface area contributed by atoms with Crippen LogP contribution in [0.4, 0.5) is 18.9 Å². The van der Waals surface area contributed by atoms with E-state index < -0.39 is 11.7 Å². The third kappa shape index (κ3) is 4.99. The van der Waals surface area contributed by atoms with Crippen LogP contribution in [0, 0.1) is 5.41 Å². The Kier molecular flexibility index (Phi) is 5.88. The molecule has 2 heterocycles. The zero-order chi connectivity index (χ0) is 24.0. The van der Waals surface area contributed by atoms with Crippen molar-refractivity contribution in [3.8, 4) is 11.5 Å². The van der Waals surface area contributed by atoms with Crippen LogP contribution in [-0.2, 0) is 11.0 Å². The molecule has 8 heteroatoms. The Morgan fingerprint density at radius 3 is 2.48 bits per heavy atom. The first-order valence-corrected chi connectivity index (χ1v) is 11.0. The Labute approximate surface area is 191 Å². The summed E-state index contributed by atoms with van der Waals surface area (Å²) in [7, 11) is 0. The number of rotatable bonds is 1. The summed E-state index contributed by atoms with van der Waals surface area (Å²) >= 11 is 0. The lowest BCUT2D eigenvalue weighted by atomic mass is 9.91. The predicted molar refractivity (Wildman–Crippen MR) is 121 cm³/mol. The number of ether oxygens (including phenoxy) is 1. The number of amides is 1. The van der Waals surface area contributed by atoms with Gasteiger partial charge in [0.25, 0.3) is 0 Å². The van der Waals surface area contributed by atoms with Crippen LogP contribution in [0.1, 0.15) is 45.2 Å². The first-order chi connectivity index (χ1) is 15.4. The molecule has 1 amide bonds. The molecule has 2 aliphatic rings. The summed E-state index contributed by atoms with van der Waals surface area (Å²) < 4.78 is 45.6. The van der Waals surface area contributed by atoms with Crippen molar-refractivity contribution >= 4 is 17.4 Å². The average Bonchev–Trinajstić information content (AvgIpc) is 2.87. The van der Waals surface area contributed by atoms with Crippen LogP contribution in [0.5, 0.6) is 11.5 Å². The smallest absolute Gasteiger partial charge is 0.416 e. The maximum absolute atomic E-state index is 13.2. The molecule has 2 aliphatic heterocycles. The first kappa shape index (κ1) is 23.1. The molecule has 2 aromatic rings. The van der Waals surface area contributed by atoms with Gasteiger partial charge in [0, 0.05) is 32.1 Å². The fourth-order valence-corrected chi connectivity index (χ4v) is 4.21. The van der Waals surface area contributed by atoms with E-state index in [0.717, 1.165) is 12.1 Å². The Balaban J connectivity index is 1.66. The summed E-state index contributed by atoms with van der Waals surface area (Å²) in [6.45, 7) is 9.84. The molecule has 0 N–H and O–H groups in total. The maximum atomic E-state index is 13.2. The minimum Gasteiger partial charge on any atom is -0.454 e. The molecule has 176 valence electrons. The second-order valence-electron chi connectivity index (χ2n) is 9.83. The molecular weight excluding hydrogens is 431 g/mol. The highest BCUT2D eigenvalue weighted by atomic mass is 19.4. The second kappa shape index (κ2) is 8.39. The fourth-order valence-electron chi connectivity index (χ4n) is 4.21. The number of hydrogen-bond donors (Lipinski definition) is 0. The molecule has 0 aliphatic carbocycles. The number of amidine groups is 1. The molecule has 0 radical (unpaired) electrons. The number of piperazine rings is 1. The van der Waals surface area contributed by atoms with Gasteiger partial charge in [-0.3, -0.25) is 4.79 Å². The van der Waals surface area contributed by atoms with Crippen molar-refractivity contribution in [3.63, 3.8) is 0 Å². The number of hydrogen-bond acceptors (Lipinski definition) is 4. The van der Waals surface area contributed by atoms with Gasteiger partial charge in [-0.15, -0.1) is 0 Å². The third-order valence-corrected chi connectivity index (χ3v) is 5.79. The first-order valence-electron chi connectivity index (χ1n) is 11.0. The van der Waals surface area contributed by atoms with Crippen LogP contribution >= 0.6 is 0 Å². The van der Waals surface area contributed by atoms with Crippen molar-refractivity contribution in [2.75, 3.05) is 19.6 Å². The average molecular weight is 460 g/mol. The van der Waals surface area contributed by atoms with E-state index >= 15 is 0 Å². The second-order valence-corrected chi connectivity index (χ2v) is 9.83. The number of nitrogens with zero attached hydrogens (tertiary/aromatic N) is 3. The summed E-state index contributed by atoms with van der Waals surface area (Å²) in [6, 6.07) is 10.5. The zero-order valence-electron chi connectivity index (χ0n) is 19.2. The summed E-state index contributed by atoms with van der Waals surface area (Å²) in [6.07, 6.45) is -3.99. The van der Waals surface area contributed by atoms with Gasteiger partial charge >= 0.3 is 6.18 Å². The predicted octanol–water partition coefficient (Wildman–Crippen LogP) is 5.86. The number of halogens is 3. The number of alkyl halides is 3. The van der Waals surface area contributed by atoms with Crippen molar-refractivity contribution < 1.29 is 22.7 Å². The molecule has 1 fully saturated rings. The molecular formula is C25H28F3N3O2. The SMILES string of the molecule is C[C@@H]1CN(C2=Nc3ccc(C(F)(F)F)cc3Oc3ccccc32)CCN1C(=O)CC(C)(C)C. The number of aliphatic imine (C=N–C) groups is 1. The quantitative estimate of drug-likeness (QED) is 0.537. The van der Waals surface area contributed by atoms with E-state index in [1.165, 1.54) is 6.07 Å². The van der Waals surface area contributed by atoms with Crippen molar-refractivity contribution in [2.45, 2.75) is 46.3 Å². The lowest BCUT2D eigenvalue weighted by Gasteiger charge is -2.42. The fraction of sp³-hybridized carbons (Fsp3) is 0.440. The molecule has 5 nitrogen and oxygen atoms in total. The van der Waals surface area contributed by atoms with Gasteiger partial charge in [-0.25, -0.2) is 4.99 Å². The minimum absolute atomic E-state index is 0.0280. The lowest BCUT2D eigenvalue weighted by molar-refractivity contribution is -0.138. The normalized spacial score (nSPS) is 18.6. The lowest BCUT2D eigenvalue weighted by Crippen LogP contribution is -2.56. The number of fused-ring (bicyclic) bond motifs is 2. The van der Waals surface area contributed by atoms with Crippen LogP contribution < -0.4 is 4.74 Å². The van der Waals surface area contributed by atoms with Gasteiger partial charge in [-0.05, 0) is 42.7 Å². The van der Waals surface area contributed by atoms with E-state index in [9.17, 15) is 18.0 Å². The molecule has 0 saturated carbocycles. The highest BCUT2D eigenvalue weighted by molar-refractivity contribution is 6.04. The number of carbonyl (C=O) groups excluding carboxylic acids is 1. The van der Waals surface area contributed by atoms with Crippen LogP contribution in [-0.4, -0.2) is 47.2 Å². The van der Waals surface area contributed by atoms with Gasteiger partial charge in [0.15, 0.2) is 5.75 Å². The Morgan fingerprint density at radius 2 is 1.82 bits per heavy atom. The van der Waals surface area contributed by atoms with Gasteiger partial charge in [0.1, 0.15) is 17.3 Å². The van der Waals surface area contributed by atoms with Crippen LogP contribution in [0.2, 0.25) is 0 Å². The Hall–Kier alpha value is -3.03. The highest BCUT2D eigenvalue weighted by Gasteiger charge is 2.34. The topological polar surface area (TPSA) is 45.1 Å². The van der Waals surface area contributed by atoms with E-state index in [2.05, 4.69) is 4.90 Å². The molecule has 1 atom stereocenters. The number of para-hydroxylation sites is 1.